The molecule has 0 atom stereocenters. The van der Waals surface area contributed by atoms with E-state index >= 15 is 0 Å². The quantitative estimate of drug-likeness (QED) is 0.269. The summed E-state index contributed by atoms with van der Waals surface area (Å²) in [4.78, 5) is 0.882. The van der Waals surface area contributed by atoms with Crippen LogP contribution in [0.2, 0.25) is 0 Å². The number of hydrogen-bond acceptors (Lipinski definition) is 4. The number of nitrogens with zero attached hydrogens (tertiary/aromatic N) is 2. The van der Waals surface area contributed by atoms with Crippen molar-refractivity contribution in [3.05, 3.63) is 5.08 Å². The summed E-state index contributed by atoms with van der Waals surface area (Å²) >= 11 is 0. The molecule has 0 fully saturated rings. The molecule has 7 heavy (non-hydrogen) atoms. The van der Waals surface area contributed by atoms with Crippen molar-refractivity contribution in [1.82, 2.24) is 4.83 Å². The van der Waals surface area contributed by atoms with Gasteiger partial charge in [-0.15, -0.1) is 0 Å². The molecule has 7 heteroatoms. The number of rotatable bonds is 1. The summed E-state index contributed by atoms with van der Waals surface area (Å²) in [6.45, 7) is 0. The van der Waals surface area contributed by atoms with Crippen LogP contribution in [0.4, 0.5) is 0 Å². The van der Waals surface area contributed by atoms with Crippen molar-refractivity contribution >= 4 is 10.3 Å². The highest BCUT2D eigenvalue weighted by Crippen LogP contribution is 1.66. The van der Waals surface area contributed by atoms with Gasteiger partial charge in [-0.3, -0.25) is 0 Å². The standard InChI is InChI=1S/HN3O3S/c1-2-3-7(4,5)6/h3H. The van der Waals surface area contributed by atoms with Crippen LogP contribution in [0.25, 0.3) is 5.08 Å². The Labute approximate surface area is 39.6 Å². The average molecular weight is 123 g/mol. The zero-order valence-electron chi connectivity index (χ0n) is 3.03. The van der Waals surface area contributed by atoms with Crippen molar-refractivity contribution in [2.45, 2.75) is 0 Å². The van der Waals surface area contributed by atoms with Crippen LogP contribution in [-0.2, 0) is 10.3 Å². The van der Waals surface area contributed by atoms with Gasteiger partial charge in [-0.05, 0) is 0 Å². The van der Waals surface area contributed by atoms with Crippen LogP contribution in [-0.4, -0.2) is 13.0 Å². The second-order valence-electron chi connectivity index (χ2n) is 0.645. The molecule has 0 aliphatic carbocycles. The molecule has 0 bridgehead atoms. The Kier molecular flexibility index (Phi) is 1.51. The number of diazo groups is 1. The predicted molar refractivity (Wildman–Crippen MR) is 17.9 cm³/mol. The molecule has 0 heterocycles. The Balaban J connectivity index is 3.92. The molecule has 0 radical (unpaired) electrons. The van der Waals surface area contributed by atoms with Gasteiger partial charge in [0.05, 0.1) is 4.83 Å². The maximum absolute atomic E-state index is 9.31. The first kappa shape index (κ1) is 6.13. The summed E-state index contributed by atoms with van der Waals surface area (Å²) in [6, 6.07) is 0. The van der Waals surface area contributed by atoms with E-state index in [1.165, 1.54) is 0 Å². The minimum absolute atomic E-state index is 0.882. The summed E-state index contributed by atoms with van der Waals surface area (Å²) in [5.41, 5.74) is 0. The molecule has 0 aromatic rings. The molecule has 0 unspecified atom stereocenters. The third-order valence-corrected chi connectivity index (χ3v) is 0.458. The van der Waals surface area contributed by atoms with Crippen LogP contribution >= 0.6 is 0 Å². The van der Waals surface area contributed by atoms with Gasteiger partial charge >= 0.3 is 5.08 Å². The Morgan fingerprint density at radius 1 is 1.71 bits per heavy atom. The van der Waals surface area contributed by atoms with E-state index in [2.05, 4.69) is 0 Å². The van der Waals surface area contributed by atoms with Crippen molar-refractivity contribution in [1.29, 1.82) is 5.39 Å². The van der Waals surface area contributed by atoms with E-state index in [1.807, 2.05) is 5.08 Å². The lowest BCUT2D eigenvalue weighted by Crippen LogP contribution is -2.13. The van der Waals surface area contributed by atoms with E-state index in [9.17, 15) is 13.0 Å². The maximum atomic E-state index is 9.31. The van der Waals surface area contributed by atoms with Gasteiger partial charge in [0.2, 0.25) is 10.3 Å². The third kappa shape index (κ3) is 5.13. The van der Waals surface area contributed by atoms with Gasteiger partial charge in [-0.1, -0.05) is 0 Å². The molecule has 6 nitrogen and oxygen atoms in total. The number of nitrogens with one attached hydrogen (secondary N) is 1. The lowest BCUT2D eigenvalue weighted by molar-refractivity contribution is 0.455. The van der Waals surface area contributed by atoms with E-state index in [1.54, 1.807) is 0 Å². The molecule has 0 aliphatic heterocycles. The fourth-order valence-corrected chi connectivity index (χ4v) is 0.150. The van der Waals surface area contributed by atoms with E-state index in [-0.39, 0.29) is 0 Å². The Morgan fingerprint density at radius 2 is 2.14 bits per heavy atom. The van der Waals surface area contributed by atoms with E-state index in [4.69, 9.17) is 5.39 Å². The van der Waals surface area contributed by atoms with Gasteiger partial charge in [0, 0.05) is 0 Å². The van der Waals surface area contributed by atoms with Crippen molar-refractivity contribution < 1.29 is 13.0 Å². The van der Waals surface area contributed by atoms with E-state index in [0.29, 0.717) is 0 Å². The second kappa shape index (κ2) is 1.72. The third-order valence-electron chi connectivity index (χ3n) is 0.153. The summed E-state index contributed by atoms with van der Waals surface area (Å²) in [5, 5.41) is 9.19. The number of hydrogen-bond donors (Lipinski definition) is 1. The fourth-order valence-electron chi connectivity index (χ4n) is 0.0500. The van der Waals surface area contributed by atoms with Gasteiger partial charge in [0.15, 0.2) is 0 Å². The maximum Gasteiger partial charge on any atom is 0.318 e. The SMILES string of the molecule is N#[N+]NS(=O)(=O)[O-]. The molecule has 1 N–H and O–H groups in total. The molecule has 0 aliphatic rings. The van der Waals surface area contributed by atoms with Crippen molar-refractivity contribution in [2.75, 3.05) is 0 Å². The summed E-state index contributed by atoms with van der Waals surface area (Å²) in [7, 11) is -4.59. The molecule has 0 rings (SSSR count). The van der Waals surface area contributed by atoms with Gasteiger partial charge in [0.1, 0.15) is 0 Å². The van der Waals surface area contributed by atoms with E-state index < -0.39 is 10.3 Å². The molecule has 0 aromatic heterocycles. The topological polar surface area (TPSA) is 97.4 Å². The van der Waals surface area contributed by atoms with Gasteiger partial charge in [-0.25, -0.2) is 8.42 Å². The summed E-state index contributed by atoms with van der Waals surface area (Å²) < 4.78 is 27.9. The minimum atomic E-state index is -4.59. The molecule has 0 aromatic carbocycles. The zero-order valence-corrected chi connectivity index (χ0v) is 3.84. The Hall–Kier alpha value is -0.870. The first-order valence-electron chi connectivity index (χ1n) is 1.13. The molecule has 0 saturated carbocycles. The van der Waals surface area contributed by atoms with Crippen molar-refractivity contribution in [3.8, 4) is 0 Å². The van der Waals surface area contributed by atoms with Crippen LogP contribution in [0, 0.1) is 5.39 Å². The van der Waals surface area contributed by atoms with Crippen LogP contribution in [0.3, 0.4) is 0 Å². The van der Waals surface area contributed by atoms with Gasteiger partial charge in [-0.2, -0.15) is 0 Å². The van der Waals surface area contributed by atoms with Gasteiger partial charge < -0.3 is 4.55 Å². The molecule has 0 amide bonds. The smallest absolute Gasteiger partial charge is 0.318 e. The Morgan fingerprint density at radius 3 is 2.14 bits per heavy atom. The van der Waals surface area contributed by atoms with Crippen LogP contribution in [0.1, 0.15) is 0 Å². The van der Waals surface area contributed by atoms with Gasteiger partial charge in [0.25, 0.3) is 5.39 Å². The molecule has 40 valence electrons. The first-order chi connectivity index (χ1) is 3.06. The molecular formula is HN3O3S. The first-order valence-corrected chi connectivity index (χ1v) is 2.54. The molecule has 0 spiro atoms. The monoisotopic (exact) mass is 123 g/mol. The van der Waals surface area contributed by atoms with E-state index in [0.717, 1.165) is 4.83 Å². The largest absolute Gasteiger partial charge is 0.727 e. The van der Waals surface area contributed by atoms with Crippen molar-refractivity contribution in [3.63, 3.8) is 0 Å². The Bertz CT molecular complexity index is 171. The normalized spacial score (nSPS) is 9.71. The summed E-state index contributed by atoms with van der Waals surface area (Å²) in [6.07, 6.45) is 0. The fraction of sp³-hybridized carbons (Fsp3) is 0. The predicted octanol–water partition coefficient (Wildman–Crippen LogP) is -1.20. The molecule has 0 saturated heterocycles. The van der Waals surface area contributed by atoms with Crippen LogP contribution < -0.4 is 4.83 Å². The highest BCUT2D eigenvalue weighted by molar-refractivity contribution is 7.83. The summed E-state index contributed by atoms with van der Waals surface area (Å²) in [5.74, 6) is 0. The average Bonchev–Trinajstić information content (AvgIpc) is 1.30. The van der Waals surface area contributed by atoms with Crippen LogP contribution in [0.15, 0.2) is 0 Å². The lowest BCUT2D eigenvalue weighted by atomic mass is 12.8. The highest BCUT2D eigenvalue weighted by atomic mass is 32.2. The second-order valence-corrected chi connectivity index (χ2v) is 1.74. The molecular weight excluding hydrogens is 122 g/mol. The van der Waals surface area contributed by atoms with Crippen molar-refractivity contribution in [2.24, 2.45) is 0 Å². The zero-order chi connectivity index (χ0) is 5.91. The highest BCUT2D eigenvalue weighted by Gasteiger charge is 1.94. The van der Waals surface area contributed by atoms with Crippen LogP contribution in [0.5, 0.6) is 0 Å². The lowest BCUT2D eigenvalue weighted by Gasteiger charge is -1.89. The minimum Gasteiger partial charge on any atom is -0.727 e.